The summed E-state index contributed by atoms with van der Waals surface area (Å²) in [6.45, 7) is 2.15. The number of para-hydroxylation sites is 1. The van der Waals surface area contributed by atoms with E-state index in [1.807, 2.05) is 29.8 Å². The highest BCUT2D eigenvalue weighted by Gasteiger charge is 2.22. The van der Waals surface area contributed by atoms with Gasteiger partial charge in [0, 0.05) is 50.8 Å². The van der Waals surface area contributed by atoms with Gasteiger partial charge in [-0.1, -0.05) is 35.9 Å². The van der Waals surface area contributed by atoms with E-state index in [-0.39, 0.29) is 36.3 Å². The van der Waals surface area contributed by atoms with E-state index in [4.69, 9.17) is 16.3 Å². The number of hydrogen-bond donors (Lipinski definition) is 3. The lowest BCUT2D eigenvalue weighted by atomic mass is 10.1. The number of aromatic nitrogens is 2. The number of anilines is 1. The molecule has 1 aliphatic heterocycles. The molecular formula is C30H29ClFN5O4. The van der Waals surface area contributed by atoms with E-state index >= 15 is 0 Å². The molecule has 0 unspecified atom stereocenters. The van der Waals surface area contributed by atoms with Crippen LogP contribution in [0.1, 0.15) is 28.7 Å². The van der Waals surface area contributed by atoms with E-state index < -0.39 is 5.82 Å². The summed E-state index contributed by atoms with van der Waals surface area (Å²) in [7, 11) is 1.84. The molecule has 212 valence electrons. The molecule has 0 radical (unpaired) electrons. The molecule has 0 saturated carbocycles. The maximum atomic E-state index is 14.2. The van der Waals surface area contributed by atoms with Gasteiger partial charge in [0.05, 0.1) is 17.8 Å². The lowest BCUT2D eigenvalue weighted by molar-refractivity contribution is -0.116. The molecule has 9 nitrogen and oxygen atoms in total. The van der Waals surface area contributed by atoms with Crippen LogP contribution in [-0.2, 0) is 42.9 Å². The van der Waals surface area contributed by atoms with Crippen LogP contribution < -0.4 is 15.4 Å². The summed E-state index contributed by atoms with van der Waals surface area (Å²) in [5.74, 6) is 0.791. The van der Waals surface area contributed by atoms with Crippen molar-refractivity contribution < 1.29 is 23.8 Å². The zero-order valence-electron chi connectivity index (χ0n) is 22.4. The molecule has 0 atom stereocenters. The average molecular weight is 578 g/mol. The second-order valence-electron chi connectivity index (χ2n) is 9.78. The van der Waals surface area contributed by atoms with Crippen molar-refractivity contribution in [2.75, 3.05) is 11.9 Å². The van der Waals surface area contributed by atoms with Gasteiger partial charge < -0.3 is 25.0 Å². The predicted octanol–water partition coefficient (Wildman–Crippen LogP) is 4.75. The normalized spacial score (nSPS) is 12.7. The second-order valence-corrected chi connectivity index (χ2v) is 10.2. The molecule has 41 heavy (non-hydrogen) atoms. The van der Waals surface area contributed by atoms with Crippen LogP contribution >= 0.6 is 11.6 Å². The van der Waals surface area contributed by atoms with Crippen molar-refractivity contribution in [3.63, 3.8) is 0 Å². The molecule has 11 heteroatoms. The number of imidazole rings is 1. The maximum Gasteiger partial charge on any atom is 0.227 e. The van der Waals surface area contributed by atoms with Crippen LogP contribution in [-0.4, -0.2) is 38.4 Å². The van der Waals surface area contributed by atoms with Crippen LogP contribution in [0.15, 0.2) is 60.8 Å². The average Bonchev–Trinajstić information content (AvgIpc) is 3.53. The van der Waals surface area contributed by atoms with Gasteiger partial charge in [-0.2, -0.15) is 0 Å². The Balaban J connectivity index is 1.25. The van der Waals surface area contributed by atoms with Gasteiger partial charge in [0.2, 0.25) is 12.3 Å². The van der Waals surface area contributed by atoms with Gasteiger partial charge in [-0.15, -0.1) is 0 Å². The van der Waals surface area contributed by atoms with E-state index in [2.05, 4.69) is 32.7 Å². The number of halogens is 2. The second kappa shape index (κ2) is 12.5. The molecular weight excluding hydrogens is 549 g/mol. The van der Waals surface area contributed by atoms with Gasteiger partial charge in [-0.25, -0.2) is 9.37 Å². The summed E-state index contributed by atoms with van der Waals surface area (Å²) in [6.07, 6.45) is 2.35. The Kier molecular flexibility index (Phi) is 8.63. The van der Waals surface area contributed by atoms with Gasteiger partial charge in [-0.3, -0.25) is 14.5 Å². The van der Waals surface area contributed by atoms with Crippen molar-refractivity contribution in [3.05, 3.63) is 93.9 Å². The standard InChI is InChI=1S/C30H29ClFN5O4/c1-36-27(35-28(40)9-10-33-18-39)13-34-30(36)20-6-7-21-15-37(16-22(21)12-20)14-19-5-8-26(23(11-19)17-38)41-29-24(31)3-2-4-25(29)32/h2-8,11-13,18,38H,9-10,14-17H2,1H3,(H,33,39)(H,35,40). The largest absolute Gasteiger partial charge is 0.452 e. The molecule has 5 rings (SSSR count). The van der Waals surface area contributed by atoms with Crippen LogP contribution in [0, 0.1) is 5.82 Å². The third kappa shape index (κ3) is 6.40. The molecule has 4 aromatic rings. The molecule has 1 aromatic heterocycles. The molecule has 3 N–H and O–H groups in total. The fourth-order valence-electron chi connectivity index (χ4n) is 4.86. The van der Waals surface area contributed by atoms with Crippen molar-refractivity contribution in [2.24, 2.45) is 7.05 Å². The highest BCUT2D eigenvalue weighted by atomic mass is 35.5. The number of nitrogens with one attached hydrogen (secondary N) is 2. The van der Waals surface area contributed by atoms with Crippen molar-refractivity contribution in [1.82, 2.24) is 19.8 Å². The minimum Gasteiger partial charge on any atom is -0.452 e. The molecule has 0 aliphatic carbocycles. The van der Waals surface area contributed by atoms with E-state index in [0.717, 1.165) is 30.0 Å². The fraction of sp³-hybridized carbons (Fsp3) is 0.233. The number of aliphatic hydroxyl groups is 1. The number of ether oxygens (including phenoxy) is 1. The number of hydrogen-bond acceptors (Lipinski definition) is 6. The summed E-state index contributed by atoms with van der Waals surface area (Å²) < 4.78 is 21.7. The minimum absolute atomic E-state index is 0.0727. The molecule has 0 spiro atoms. The smallest absolute Gasteiger partial charge is 0.227 e. The molecule has 2 amide bonds. The number of rotatable bonds is 11. The Morgan fingerprint density at radius 1 is 1.17 bits per heavy atom. The van der Waals surface area contributed by atoms with E-state index in [1.54, 1.807) is 18.3 Å². The summed E-state index contributed by atoms with van der Waals surface area (Å²) >= 11 is 6.10. The van der Waals surface area contributed by atoms with E-state index in [0.29, 0.717) is 30.1 Å². The van der Waals surface area contributed by atoms with Gasteiger partial charge in [-0.05, 0) is 47.0 Å². The first kappa shape index (κ1) is 28.3. The lowest BCUT2D eigenvalue weighted by Gasteiger charge is -2.17. The zero-order chi connectivity index (χ0) is 28.9. The fourth-order valence-corrected chi connectivity index (χ4v) is 5.06. The SMILES string of the molecule is Cn1c(NC(=O)CCNC=O)cnc1-c1ccc2c(c1)CN(Cc1ccc(Oc3c(F)cccc3Cl)c(CO)c1)C2. The van der Waals surface area contributed by atoms with E-state index in [9.17, 15) is 19.1 Å². The third-order valence-electron chi connectivity index (χ3n) is 6.92. The first-order valence-electron chi connectivity index (χ1n) is 13.0. The van der Waals surface area contributed by atoms with Crippen molar-refractivity contribution in [2.45, 2.75) is 32.7 Å². The Hall–Kier alpha value is -4.25. The Morgan fingerprint density at radius 3 is 2.78 bits per heavy atom. The first-order chi connectivity index (χ1) is 19.9. The zero-order valence-corrected chi connectivity index (χ0v) is 23.1. The summed E-state index contributed by atoms with van der Waals surface area (Å²) in [4.78, 5) is 29.3. The summed E-state index contributed by atoms with van der Waals surface area (Å²) in [5, 5.41) is 15.4. The quantitative estimate of drug-likeness (QED) is 0.175. The number of benzene rings is 3. The van der Waals surface area contributed by atoms with Crippen LogP contribution in [0.4, 0.5) is 10.2 Å². The number of carbonyl (C=O) groups excluding carboxylic acids is 2. The monoisotopic (exact) mass is 577 g/mol. The Morgan fingerprint density at radius 2 is 2.00 bits per heavy atom. The van der Waals surface area contributed by atoms with Crippen molar-refractivity contribution in [3.8, 4) is 22.9 Å². The summed E-state index contributed by atoms with van der Waals surface area (Å²) in [6, 6.07) is 16.0. The molecule has 0 saturated heterocycles. The number of carbonyl (C=O) groups is 2. The first-order valence-corrected chi connectivity index (χ1v) is 13.4. The molecule has 0 bridgehead atoms. The Bertz CT molecular complexity index is 1570. The van der Waals surface area contributed by atoms with Crippen LogP contribution in [0.2, 0.25) is 5.02 Å². The molecule has 1 aliphatic rings. The topological polar surface area (TPSA) is 109 Å². The van der Waals surface area contributed by atoms with Gasteiger partial charge >= 0.3 is 0 Å². The van der Waals surface area contributed by atoms with Crippen molar-refractivity contribution >= 4 is 29.7 Å². The van der Waals surface area contributed by atoms with Crippen LogP contribution in [0.25, 0.3) is 11.4 Å². The number of amides is 2. The van der Waals surface area contributed by atoms with E-state index in [1.165, 1.54) is 23.3 Å². The highest BCUT2D eigenvalue weighted by Crippen LogP contribution is 2.35. The molecule has 3 aromatic carbocycles. The summed E-state index contributed by atoms with van der Waals surface area (Å²) in [5.41, 5.74) is 4.87. The van der Waals surface area contributed by atoms with Crippen LogP contribution in [0.5, 0.6) is 11.5 Å². The molecule has 2 heterocycles. The van der Waals surface area contributed by atoms with Gasteiger partial charge in [0.15, 0.2) is 11.6 Å². The third-order valence-corrected chi connectivity index (χ3v) is 7.22. The highest BCUT2D eigenvalue weighted by molar-refractivity contribution is 6.32. The molecule has 0 fully saturated rings. The minimum atomic E-state index is -0.574. The van der Waals surface area contributed by atoms with Crippen molar-refractivity contribution in [1.29, 1.82) is 0 Å². The van der Waals surface area contributed by atoms with Gasteiger partial charge in [0.25, 0.3) is 0 Å². The number of nitrogens with zero attached hydrogens (tertiary/aromatic N) is 3. The Labute approximate surface area is 241 Å². The number of fused-ring (bicyclic) bond motifs is 1. The predicted molar refractivity (Wildman–Crippen MR) is 153 cm³/mol. The maximum absolute atomic E-state index is 14.2. The van der Waals surface area contributed by atoms with Gasteiger partial charge in [0.1, 0.15) is 17.4 Å². The number of aliphatic hydroxyl groups excluding tert-OH is 1. The lowest BCUT2D eigenvalue weighted by Crippen LogP contribution is -2.21. The van der Waals surface area contributed by atoms with Crippen LogP contribution in [0.3, 0.4) is 0 Å².